The fraction of sp³-hybridized carbons (Fsp3) is 0.769. The van der Waals surface area contributed by atoms with Crippen molar-refractivity contribution >= 4 is 5.78 Å². The van der Waals surface area contributed by atoms with Gasteiger partial charge in [-0.3, -0.25) is 4.79 Å². The highest BCUT2D eigenvalue weighted by atomic mass is 16.5. The molecule has 0 bridgehead atoms. The zero-order valence-electron chi connectivity index (χ0n) is 9.55. The summed E-state index contributed by atoms with van der Waals surface area (Å²) in [5, 5.41) is 0. The number of hydrogen-bond donors (Lipinski definition) is 0. The quantitative estimate of drug-likeness (QED) is 0.495. The van der Waals surface area contributed by atoms with E-state index in [1.165, 1.54) is 0 Å². The SMILES string of the molecule is C#CCCCC(=O)C1(OCC)CCCC1. The van der Waals surface area contributed by atoms with Gasteiger partial charge in [-0.05, 0) is 39.0 Å². The highest BCUT2D eigenvalue weighted by Crippen LogP contribution is 2.35. The van der Waals surface area contributed by atoms with Gasteiger partial charge in [-0.2, -0.15) is 0 Å². The van der Waals surface area contributed by atoms with E-state index in [0.29, 0.717) is 19.4 Å². The summed E-state index contributed by atoms with van der Waals surface area (Å²) < 4.78 is 5.68. The van der Waals surface area contributed by atoms with Crippen molar-refractivity contribution in [3.63, 3.8) is 0 Å². The maximum Gasteiger partial charge on any atom is 0.164 e. The van der Waals surface area contributed by atoms with Crippen molar-refractivity contribution in [3.05, 3.63) is 0 Å². The molecule has 15 heavy (non-hydrogen) atoms. The first-order chi connectivity index (χ1) is 7.25. The summed E-state index contributed by atoms with van der Waals surface area (Å²) >= 11 is 0. The van der Waals surface area contributed by atoms with Gasteiger partial charge < -0.3 is 4.74 Å². The second-order valence-electron chi connectivity index (χ2n) is 4.12. The van der Waals surface area contributed by atoms with Gasteiger partial charge in [-0.1, -0.05) is 0 Å². The lowest BCUT2D eigenvalue weighted by Gasteiger charge is -2.27. The highest BCUT2D eigenvalue weighted by Gasteiger charge is 2.40. The van der Waals surface area contributed by atoms with E-state index < -0.39 is 5.60 Å². The van der Waals surface area contributed by atoms with Crippen molar-refractivity contribution in [2.75, 3.05) is 6.61 Å². The summed E-state index contributed by atoms with van der Waals surface area (Å²) in [5.74, 6) is 2.83. The third-order valence-corrected chi connectivity index (χ3v) is 3.06. The molecule has 0 atom stereocenters. The summed E-state index contributed by atoms with van der Waals surface area (Å²) in [4.78, 5) is 12.0. The number of unbranched alkanes of at least 4 members (excludes halogenated alkanes) is 1. The number of ether oxygens (including phenoxy) is 1. The van der Waals surface area contributed by atoms with E-state index in [-0.39, 0.29) is 5.78 Å². The van der Waals surface area contributed by atoms with Crippen LogP contribution in [0.4, 0.5) is 0 Å². The number of Topliss-reactive ketones (excluding diaryl/α,β-unsaturated/α-hetero) is 1. The normalized spacial score (nSPS) is 18.7. The minimum atomic E-state index is -0.455. The molecule has 0 aliphatic heterocycles. The van der Waals surface area contributed by atoms with Crippen LogP contribution in [0.3, 0.4) is 0 Å². The second-order valence-corrected chi connectivity index (χ2v) is 4.12. The molecule has 0 aromatic rings. The van der Waals surface area contributed by atoms with Gasteiger partial charge in [0.2, 0.25) is 0 Å². The summed E-state index contributed by atoms with van der Waals surface area (Å²) in [6.45, 7) is 2.58. The summed E-state index contributed by atoms with van der Waals surface area (Å²) in [6.07, 6.45) is 11.2. The van der Waals surface area contributed by atoms with E-state index >= 15 is 0 Å². The molecule has 0 N–H and O–H groups in total. The topological polar surface area (TPSA) is 26.3 Å². The molecule has 0 heterocycles. The molecular weight excluding hydrogens is 188 g/mol. The average molecular weight is 208 g/mol. The van der Waals surface area contributed by atoms with Gasteiger partial charge in [-0.25, -0.2) is 0 Å². The maximum atomic E-state index is 12.0. The maximum absolute atomic E-state index is 12.0. The lowest BCUT2D eigenvalue weighted by molar-refractivity contribution is -0.143. The minimum absolute atomic E-state index is 0.261. The van der Waals surface area contributed by atoms with Crippen LogP contribution in [0.1, 0.15) is 51.9 Å². The van der Waals surface area contributed by atoms with Crippen LogP contribution in [-0.4, -0.2) is 18.0 Å². The Morgan fingerprint density at radius 1 is 1.47 bits per heavy atom. The monoisotopic (exact) mass is 208 g/mol. The predicted molar refractivity (Wildman–Crippen MR) is 60.5 cm³/mol. The van der Waals surface area contributed by atoms with Gasteiger partial charge in [0.1, 0.15) is 5.60 Å². The van der Waals surface area contributed by atoms with E-state index in [2.05, 4.69) is 5.92 Å². The molecule has 1 fully saturated rings. The fourth-order valence-electron chi connectivity index (χ4n) is 2.30. The van der Waals surface area contributed by atoms with Crippen LogP contribution in [0.25, 0.3) is 0 Å². The molecule has 1 aliphatic rings. The zero-order chi connectivity index (χ0) is 11.1. The number of carbonyl (C=O) groups excluding carboxylic acids is 1. The van der Waals surface area contributed by atoms with Crippen molar-refractivity contribution in [1.82, 2.24) is 0 Å². The zero-order valence-corrected chi connectivity index (χ0v) is 9.55. The molecule has 1 aliphatic carbocycles. The van der Waals surface area contributed by atoms with Crippen molar-refractivity contribution < 1.29 is 9.53 Å². The molecule has 0 unspecified atom stereocenters. The number of terminal acetylenes is 1. The van der Waals surface area contributed by atoms with Crippen LogP contribution < -0.4 is 0 Å². The first-order valence-corrected chi connectivity index (χ1v) is 5.86. The van der Waals surface area contributed by atoms with Crippen LogP contribution in [0.15, 0.2) is 0 Å². The molecule has 2 nitrogen and oxygen atoms in total. The van der Waals surface area contributed by atoms with Gasteiger partial charge in [0.15, 0.2) is 5.78 Å². The lowest BCUT2D eigenvalue weighted by atomic mass is 9.92. The number of ketones is 1. The van der Waals surface area contributed by atoms with Gasteiger partial charge in [0.05, 0.1) is 0 Å². The summed E-state index contributed by atoms with van der Waals surface area (Å²) in [5.41, 5.74) is -0.455. The van der Waals surface area contributed by atoms with E-state index in [0.717, 1.165) is 32.1 Å². The molecule has 0 aromatic carbocycles. The van der Waals surface area contributed by atoms with Crippen LogP contribution >= 0.6 is 0 Å². The van der Waals surface area contributed by atoms with Gasteiger partial charge in [0, 0.05) is 19.4 Å². The molecule has 2 heteroatoms. The third-order valence-electron chi connectivity index (χ3n) is 3.06. The summed E-state index contributed by atoms with van der Waals surface area (Å²) in [7, 11) is 0. The van der Waals surface area contributed by atoms with Crippen LogP contribution in [0.2, 0.25) is 0 Å². The van der Waals surface area contributed by atoms with Crippen LogP contribution in [0, 0.1) is 12.3 Å². The van der Waals surface area contributed by atoms with Gasteiger partial charge in [0.25, 0.3) is 0 Å². The minimum Gasteiger partial charge on any atom is -0.368 e. The molecule has 1 rings (SSSR count). The van der Waals surface area contributed by atoms with E-state index in [9.17, 15) is 4.79 Å². The average Bonchev–Trinajstić information content (AvgIpc) is 2.68. The predicted octanol–water partition coefficient (Wildman–Crippen LogP) is 2.71. The molecule has 0 amide bonds. The summed E-state index contributed by atoms with van der Waals surface area (Å²) in [6, 6.07) is 0. The first kappa shape index (κ1) is 12.3. The Morgan fingerprint density at radius 2 is 2.13 bits per heavy atom. The Balaban J connectivity index is 2.49. The van der Waals surface area contributed by atoms with Crippen molar-refractivity contribution in [2.24, 2.45) is 0 Å². The molecule has 0 spiro atoms. The van der Waals surface area contributed by atoms with Crippen LogP contribution in [0.5, 0.6) is 0 Å². The first-order valence-electron chi connectivity index (χ1n) is 5.86. The standard InChI is InChI=1S/C13H20O2/c1-3-5-6-9-12(14)13(15-4-2)10-7-8-11-13/h1H,4-11H2,2H3. The number of carbonyl (C=O) groups is 1. The smallest absolute Gasteiger partial charge is 0.164 e. The molecular formula is C13H20O2. The van der Waals surface area contributed by atoms with Crippen molar-refractivity contribution in [3.8, 4) is 12.3 Å². The second kappa shape index (κ2) is 5.92. The number of hydrogen-bond acceptors (Lipinski definition) is 2. The number of rotatable bonds is 6. The molecule has 1 saturated carbocycles. The Hall–Kier alpha value is -0.810. The largest absolute Gasteiger partial charge is 0.368 e. The Kier molecular flexibility index (Phi) is 4.84. The van der Waals surface area contributed by atoms with Gasteiger partial charge in [-0.15, -0.1) is 12.3 Å². The van der Waals surface area contributed by atoms with Crippen molar-refractivity contribution in [1.29, 1.82) is 0 Å². The molecule has 0 aromatic heterocycles. The van der Waals surface area contributed by atoms with E-state index in [1.807, 2.05) is 6.92 Å². The van der Waals surface area contributed by atoms with E-state index in [1.54, 1.807) is 0 Å². The molecule has 84 valence electrons. The molecule has 0 radical (unpaired) electrons. The third kappa shape index (κ3) is 3.07. The van der Waals surface area contributed by atoms with Gasteiger partial charge >= 0.3 is 0 Å². The molecule has 0 saturated heterocycles. The fourth-order valence-corrected chi connectivity index (χ4v) is 2.30. The Bertz CT molecular complexity index is 244. The van der Waals surface area contributed by atoms with E-state index in [4.69, 9.17) is 11.2 Å². The highest BCUT2D eigenvalue weighted by molar-refractivity contribution is 5.87. The lowest BCUT2D eigenvalue weighted by Crippen LogP contribution is -2.38. The Morgan fingerprint density at radius 3 is 2.67 bits per heavy atom. The van der Waals surface area contributed by atoms with Crippen LogP contribution in [-0.2, 0) is 9.53 Å². The Labute approximate surface area is 92.4 Å². The van der Waals surface area contributed by atoms with Crippen molar-refractivity contribution in [2.45, 2.75) is 57.5 Å².